The maximum absolute atomic E-state index is 12.1. The summed E-state index contributed by atoms with van der Waals surface area (Å²) in [5, 5.41) is 0. The van der Waals surface area contributed by atoms with Crippen LogP contribution in [0, 0.1) is 0 Å². The van der Waals surface area contributed by atoms with E-state index in [-0.39, 0.29) is 4.75 Å². The van der Waals surface area contributed by atoms with E-state index in [2.05, 4.69) is 22.6 Å². The third-order valence-electron chi connectivity index (χ3n) is 3.49. The zero-order chi connectivity index (χ0) is 17.4. The van der Waals surface area contributed by atoms with Gasteiger partial charge in [-0.05, 0) is 43.9 Å². The molecule has 0 aliphatic heterocycles. The van der Waals surface area contributed by atoms with Crippen LogP contribution in [0.15, 0.2) is 59.0 Å². The van der Waals surface area contributed by atoms with Gasteiger partial charge in [-0.15, -0.1) is 0 Å². The second-order valence-electron chi connectivity index (χ2n) is 6.58. The van der Waals surface area contributed by atoms with E-state index in [0.717, 1.165) is 17.5 Å². The Bertz CT molecular complexity index is 690. The van der Waals surface area contributed by atoms with Gasteiger partial charge in [0.25, 0.3) is 0 Å². The molecule has 2 aromatic rings. The van der Waals surface area contributed by atoms with E-state index >= 15 is 0 Å². The van der Waals surface area contributed by atoms with Crippen molar-refractivity contribution in [1.82, 2.24) is 0 Å². The molecule has 0 radical (unpaired) electrons. The largest absolute Gasteiger partial charge is 0.376 e. The highest BCUT2D eigenvalue weighted by molar-refractivity contribution is 7.85. The summed E-state index contributed by atoms with van der Waals surface area (Å²) in [6, 6.07) is 18.2. The third-order valence-corrected chi connectivity index (χ3v) is 4.84. The van der Waals surface area contributed by atoms with E-state index in [1.165, 1.54) is 5.56 Å². The fraction of sp³-hybridized carbons (Fsp3) is 0.350. The van der Waals surface area contributed by atoms with Crippen molar-refractivity contribution in [3.05, 3.63) is 71.3 Å². The monoisotopic (exact) mass is 343 g/mol. The highest BCUT2D eigenvalue weighted by atomic mass is 32.2. The Balaban J connectivity index is 1.91. The van der Waals surface area contributed by atoms with Crippen LogP contribution < -0.4 is 0 Å². The lowest BCUT2D eigenvalue weighted by atomic mass is 10.1. The van der Waals surface area contributed by atoms with Gasteiger partial charge in [-0.2, -0.15) is 4.40 Å². The number of ether oxygens (including phenoxy) is 1. The SMILES string of the molecule is CC(C)(C)S(=O)/N=C/c1ccccc1CCOCc1ccccc1. The van der Waals surface area contributed by atoms with Crippen LogP contribution in [-0.2, 0) is 28.8 Å². The van der Waals surface area contributed by atoms with Crippen molar-refractivity contribution in [2.24, 2.45) is 4.40 Å². The average Bonchev–Trinajstić information content (AvgIpc) is 2.57. The van der Waals surface area contributed by atoms with Gasteiger partial charge < -0.3 is 4.74 Å². The quantitative estimate of drug-likeness (QED) is 0.554. The Labute approximate surface area is 147 Å². The molecule has 2 aromatic carbocycles. The van der Waals surface area contributed by atoms with Gasteiger partial charge in [-0.1, -0.05) is 54.6 Å². The zero-order valence-corrected chi connectivity index (χ0v) is 15.4. The number of nitrogens with zero attached hydrogens (tertiary/aromatic N) is 1. The third kappa shape index (κ3) is 6.02. The second-order valence-corrected chi connectivity index (χ2v) is 8.52. The number of hydrogen-bond donors (Lipinski definition) is 0. The van der Waals surface area contributed by atoms with Gasteiger partial charge in [-0.25, -0.2) is 4.21 Å². The minimum absolute atomic E-state index is 0.343. The zero-order valence-electron chi connectivity index (χ0n) is 14.6. The molecule has 0 spiro atoms. The molecular weight excluding hydrogens is 318 g/mol. The van der Waals surface area contributed by atoms with Crippen molar-refractivity contribution in [2.45, 2.75) is 38.5 Å². The molecule has 2 rings (SSSR count). The molecule has 0 aliphatic carbocycles. The first-order valence-electron chi connectivity index (χ1n) is 8.12. The summed E-state index contributed by atoms with van der Waals surface area (Å²) in [4.78, 5) is 0. The molecule has 0 saturated heterocycles. The minimum Gasteiger partial charge on any atom is -0.376 e. The molecule has 1 unspecified atom stereocenters. The Hall–Kier alpha value is -1.78. The molecule has 24 heavy (non-hydrogen) atoms. The number of benzene rings is 2. The van der Waals surface area contributed by atoms with E-state index in [1.54, 1.807) is 6.21 Å². The highest BCUT2D eigenvalue weighted by Gasteiger charge is 2.18. The average molecular weight is 343 g/mol. The van der Waals surface area contributed by atoms with Crippen LogP contribution in [0.4, 0.5) is 0 Å². The van der Waals surface area contributed by atoms with E-state index < -0.39 is 11.0 Å². The summed E-state index contributed by atoms with van der Waals surface area (Å²) in [5.41, 5.74) is 3.33. The van der Waals surface area contributed by atoms with Gasteiger partial charge in [-0.3, -0.25) is 0 Å². The van der Waals surface area contributed by atoms with Crippen LogP contribution in [0.1, 0.15) is 37.5 Å². The minimum atomic E-state index is -1.24. The standard InChI is InChI=1S/C20H25NO2S/c1-20(2,3)24(22)21-15-19-12-8-7-11-18(19)13-14-23-16-17-9-5-4-6-10-17/h4-12,15H,13-14,16H2,1-3H3/b21-15+. The lowest BCUT2D eigenvalue weighted by molar-refractivity contribution is 0.124. The van der Waals surface area contributed by atoms with Crippen molar-refractivity contribution in [3.8, 4) is 0 Å². The van der Waals surface area contributed by atoms with Crippen molar-refractivity contribution < 1.29 is 8.95 Å². The Kier molecular flexibility index (Phi) is 6.88. The van der Waals surface area contributed by atoms with Crippen LogP contribution in [0.25, 0.3) is 0 Å². The predicted octanol–water partition coefficient (Wildman–Crippen LogP) is 4.33. The smallest absolute Gasteiger partial charge is 0.144 e. The molecule has 0 bridgehead atoms. The lowest BCUT2D eigenvalue weighted by Crippen LogP contribution is -2.19. The topological polar surface area (TPSA) is 38.7 Å². The number of hydrogen-bond acceptors (Lipinski definition) is 2. The van der Waals surface area contributed by atoms with Crippen molar-refractivity contribution in [2.75, 3.05) is 6.61 Å². The van der Waals surface area contributed by atoms with Crippen LogP contribution >= 0.6 is 0 Å². The van der Waals surface area contributed by atoms with Crippen LogP contribution in [0.5, 0.6) is 0 Å². The predicted molar refractivity (Wildman–Crippen MR) is 102 cm³/mol. The maximum Gasteiger partial charge on any atom is 0.144 e. The summed E-state index contributed by atoms with van der Waals surface area (Å²) in [7, 11) is -1.24. The second kappa shape index (κ2) is 8.90. The van der Waals surface area contributed by atoms with Gasteiger partial charge >= 0.3 is 0 Å². The van der Waals surface area contributed by atoms with Gasteiger partial charge in [0.2, 0.25) is 0 Å². The molecule has 0 aromatic heterocycles. The van der Waals surface area contributed by atoms with Gasteiger partial charge in [0, 0.05) is 6.21 Å². The maximum atomic E-state index is 12.1. The van der Waals surface area contributed by atoms with Crippen molar-refractivity contribution in [3.63, 3.8) is 0 Å². The van der Waals surface area contributed by atoms with Crippen LogP contribution in [0.2, 0.25) is 0 Å². The molecule has 0 aliphatic rings. The summed E-state index contributed by atoms with van der Waals surface area (Å²) >= 11 is 0. The molecular formula is C20H25NO2S. The molecule has 3 nitrogen and oxygen atoms in total. The van der Waals surface area contributed by atoms with Crippen molar-refractivity contribution >= 4 is 17.2 Å². The molecule has 0 heterocycles. The Morgan fingerprint density at radius 3 is 2.42 bits per heavy atom. The van der Waals surface area contributed by atoms with Gasteiger partial charge in [0.05, 0.1) is 18.0 Å². The summed E-state index contributed by atoms with van der Waals surface area (Å²) in [6.07, 6.45) is 2.52. The summed E-state index contributed by atoms with van der Waals surface area (Å²) in [5.74, 6) is 0. The molecule has 0 saturated carbocycles. The van der Waals surface area contributed by atoms with Crippen LogP contribution in [0.3, 0.4) is 0 Å². The van der Waals surface area contributed by atoms with Gasteiger partial charge in [0.1, 0.15) is 11.0 Å². The first-order valence-corrected chi connectivity index (χ1v) is 9.23. The van der Waals surface area contributed by atoms with Crippen molar-refractivity contribution in [1.29, 1.82) is 0 Å². The molecule has 4 heteroatoms. The normalized spacial score (nSPS) is 13.3. The van der Waals surface area contributed by atoms with E-state index in [0.29, 0.717) is 13.2 Å². The first kappa shape index (κ1) is 18.6. The fourth-order valence-corrected chi connectivity index (χ4v) is 2.62. The van der Waals surface area contributed by atoms with E-state index in [1.807, 2.05) is 57.2 Å². The first-order chi connectivity index (χ1) is 11.5. The van der Waals surface area contributed by atoms with Crippen LogP contribution in [-0.4, -0.2) is 21.8 Å². The molecule has 0 amide bonds. The number of rotatable bonds is 7. The molecule has 0 fully saturated rings. The summed E-state index contributed by atoms with van der Waals surface area (Å²) in [6.45, 7) is 7.02. The summed E-state index contributed by atoms with van der Waals surface area (Å²) < 4.78 is 21.7. The molecule has 128 valence electrons. The molecule has 0 N–H and O–H groups in total. The highest BCUT2D eigenvalue weighted by Crippen LogP contribution is 2.14. The van der Waals surface area contributed by atoms with E-state index in [4.69, 9.17) is 4.74 Å². The Morgan fingerprint density at radius 1 is 1.04 bits per heavy atom. The van der Waals surface area contributed by atoms with E-state index in [9.17, 15) is 4.21 Å². The Morgan fingerprint density at radius 2 is 1.71 bits per heavy atom. The fourth-order valence-electron chi connectivity index (χ4n) is 2.10. The molecule has 1 atom stereocenters. The lowest BCUT2D eigenvalue weighted by Gasteiger charge is -2.13. The van der Waals surface area contributed by atoms with Gasteiger partial charge in [0.15, 0.2) is 0 Å².